The van der Waals surface area contributed by atoms with E-state index in [1.165, 1.54) is 12.1 Å². The van der Waals surface area contributed by atoms with Crippen LogP contribution < -0.4 is 5.73 Å². The summed E-state index contributed by atoms with van der Waals surface area (Å²) in [5, 5.41) is 0. The lowest BCUT2D eigenvalue weighted by atomic mass is 10.0. The van der Waals surface area contributed by atoms with Gasteiger partial charge in [0.1, 0.15) is 0 Å². The molecule has 0 bridgehead atoms. The Balaban J connectivity index is 2.87. The average molecular weight is 217 g/mol. The number of hydrogen-bond donors (Lipinski definition) is 1. The van der Waals surface area contributed by atoms with Crippen LogP contribution in [0.4, 0.5) is 13.2 Å². The SMILES string of the molecule is C[C@H](N)CCc1ccccc1C(F)(F)F. The number of benzene rings is 1. The van der Waals surface area contributed by atoms with Gasteiger partial charge in [0.25, 0.3) is 0 Å². The molecule has 0 aliphatic rings. The number of halogens is 3. The lowest BCUT2D eigenvalue weighted by molar-refractivity contribution is -0.138. The predicted molar refractivity (Wildman–Crippen MR) is 53.4 cm³/mol. The number of nitrogens with two attached hydrogens (primary N) is 1. The number of aryl methyl sites for hydroxylation is 1. The van der Waals surface area contributed by atoms with Gasteiger partial charge in [0.05, 0.1) is 5.56 Å². The molecule has 4 heteroatoms. The van der Waals surface area contributed by atoms with Crippen molar-refractivity contribution in [3.05, 3.63) is 35.4 Å². The highest BCUT2D eigenvalue weighted by molar-refractivity contribution is 5.29. The van der Waals surface area contributed by atoms with Crippen LogP contribution in [-0.4, -0.2) is 6.04 Å². The van der Waals surface area contributed by atoms with Crippen molar-refractivity contribution in [1.82, 2.24) is 0 Å². The normalized spacial score (nSPS) is 13.9. The second-order valence-corrected chi connectivity index (χ2v) is 3.67. The number of rotatable bonds is 3. The zero-order valence-electron chi connectivity index (χ0n) is 8.51. The van der Waals surface area contributed by atoms with Crippen molar-refractivity contribution in [3.63, 3.8) is 0 Å². The summed E-state index contributed by atoms with van der Waals surface area (Å²) < 4.78 is 37.6. The molecule has 0 unspecified atom stereocenters. The molecule has 0 amide bonds. The second-order valence-electron chi connectivity index (χ2n) is 3.67. The molecule has 84 valence electrons. The van der Waals surface area contributed by atoms with Gasteiger partial charge in [-0.25, -0.2) is 0 Å². The third-order valence-corrected chi connectivity index (χ3v) is 2.19. The van der Waals surface area contributed by atoms with Gasteiger partial charge in [0, 0.05) is 6.04 Å². The van der Waals surface area contributed by atoms with Gasteiger partial charge in [-0.1, -0.05) is 18.2 Å². The minimum atomic E-state index is -4.27. The molecule has 15 heavy (non-hydrogen) atoms. The third kappa shape index (κ3) is 3.55. The molecule has 0 aliphatic heterocycles. The van der Waals surface area contributed by atoms with E-state index >= 15 is 0 Å². The van der Waals surface area contributed by atoms with Crippen molar-refractivity contribution >= 4 is 0 Å². The van der Waals surface area contributed by atoms with E-state index in [0.717, 1.165) is 6.07 Å². The Morgan fingerprint density at radius 2 is 1.87 bits per heavy atom. The Morgan fingerprint density at radius 1 is 1.27 bits per heavy atom. The molecule has 0 aliphatic carbocycles. The van der Waals surface area contributed by atoms with Crippen LogP contribution in [0.1, 0.15) is 24.5 Å². The van der Waals surface area contributed by atoms with E-state index in [0.29, 0.717) is 18.4 Å². The standard InChI is InChI=1S/C11H14F3N/c1-8(15)6-7-9-4-2-3-5-10(9)11(12,13)14/h2-5,8H,6-7,15H2,1H3/t8-/m0/s1. The van der Waals surface area contributed by atoms with E-state index in [1.54, 1.807) is 13.0 Å². The predicted octanol–water partition coefficient (Wildman–Crippen LogP) is 2.99. The Morgan fingerprint density at radius 3 is 2.40 bits per heavy atom. The van der Waals surface area contributed by atoms with Crippen LogP contribution in [0.5, 0.6) is 0 Å². The van der Waals surface area contributed by atoms with Gasteiger partial charge in [-0.15, -0.1) is 0 Å². The van der Waals surface area contributed by atoms with Crippen molar-refractivity contribution in [3.8, 4) is 0 Å². The lowest BCUT2D eigenvalue weighted by Crippen LogP contribution is -2.17. The van der Waals surface area contributed by atoms with E-state index < -0.39 is 11.7 Å². The number of alkyl halides is 3. The van der Waals surface area contributed by atoms with Crippen LogP contribution in [0, 0.1) is 0 Å². The summed E-state index contributed by atoms with van der Waals surface area (Å²) in [6.45, 7) is 1.79. The van der Waals surface area contributed by atoms with Crippen molar-refractivity contribution in [2.45, 2.75) is 32.0 Å². The van der Waals surface area contributed by atoms with E-state index in [-0.39, 0.29) is 6.04 Å². The van der Waals surface area contributed by atoms with Crippen molar-refractivity contribution in [1.29, 1.82) is 0 Å². The first-order chi connectivity index (χ1) is 6.91. The minimum absolute atomic E-state index is 0.0775. The van der Waals surface area contributed by atoms with Gasteiger partial charge in [-0.05, 0) is 31.4 Å². The molecular weight excluding hydrogens is 203 g/mol. The molecule has 1 nitrogen and oxygen atoms in total. The molecule has 0 spiro atoms. The largest absolute Gasteiger partial charge is 0.416 e. The fourth-order valence-electron chi connectivity index (χ4n) is 1.40. The van der Waals surface area contributed by atoms with Crippen molar-refractivity contribution < 1.29 is 13.2 Å². The smallest absolute Gasteiger partial charge is 0.328 e. The van der Waals surface area contributed by atoms with Crippen LogP contribution >= 0.6 is 0 Å². The van der Waals surface area contributed by atoms with Crippen LogP contribution in [0.25, 0.3) is 0 Å². The molecule has 0 fully saturated rings. The topological polar surface area (TPSA) is 26.0 Å². The summed E-state index contributed by atoms with van der Waals surface area (Å²) in [7, 11) is 0. The molecule has 0 saturated heterocycles. The molecule has 2 N–H and O–H groups in total. The molecule has 0 radical (unpaired) electrons. The maximum atomic E-state index is 12.5. The Hall–Kier alpha value is -1.03. The average Bonchev–Trinajstić information content (AvgIpc) is 2.13. The Labute approximate surface area is 87.1 Å². The highest BCUT2D eigenvalue weighted by Crippen LogP contribution is 2.32. The van der Waals surface area contributed by atoms with Crippen LogP contribution in [-0.2, 0) is 12.6 Å². The number of hydrogen-bond acceptors (Lipinski definition) is 1. The highest BCUT2D eigenvalue weighted by Gasteiger charge is 2.32. The fraction of sp³-hybridized carbons (Fsp3) is 0.455. The summed E-state index contributed by atoms with van der Waals surface area (Å²) in [5.41, 5.74) is 5.29. The van der Waals surface area contributed by atoms with E-state index in [9.17, 15) is 13.2 Å². The molecule has 0 heterocycles. The summed E-state index contributed by atoms with van der Waals surface area (Å²) >= 11 is 0. The van der Waals surface area contributed by atoms with Gasteiger partial charge in [-0.2, -0.15) is 13.2 Å². The highest BCUT2D eigenvalue weighted by atomic mass is 19.4. The summed E-state index contributed by atoms with van der Waals surface area (Å²) in [4.78, 5) is 0. The van der Waals surface area contributed by atoms with Gasteiger partial charge in [0.15, 0.2) is 0 Å². The zero-order valence-corrected chi connectivity index (χ0v) is 8.51. The van der Waals surface area contributed by atoms with Crippen molar-refractivity contribution in [2.24, 2.45) is 5.73 Å². The second kappa shape index (κ2) is 4.66. The fourth-order valence-corrected chi connectivity index (χ4v) is 1.40. The molecular formula is C11H14F3N. The maximum Gasteiger partial charge on any atom is 0.416 e. The van der Waals surface area contributed by atoms with Crippen LogP contribution in [0.2, 0.25) is 0 Å². The van der Waals surface area contributed by atoms with Gasteiger partial charge >= 0.3 is 6.18 Å². The monoisotopic (exact) mass is 217 g/mol. The van der Waals surface area contributed by atoms with Gasteiger partial charge < -0.3 is 5.73 Å². The molecule has 1 aromatic carbocycles. The molecule has 1 rings (SSSR count). The first-order valence-electron chi connectivity index (χ1n) is 4.82. The minimum Gasteiger partial charge on any atom is -0.328 e. The van der Waals surface area contributed by atoms with Gasteiger partial charge in [0.2, 0.25) is 0 Å². The molecule has 1 aromatic rings. The molecule has 0 saturated carbocycles. The first-order valence-corrected chi connectivity index (χ1v) is 4.82. The maximum absolute atomic E-state index is 12.5. The zero-order chi connectivity index (χ0) is 11.5. The molecule has 1 atom stereocenters. The Bertz CT molecular complexity index is 318. The lowest BCUT2D eigenvalue weighted by Gasteiger charge is -2.13. The summed E-state index contributed by atoms with van der Waals surface area (Å²) in [6, 6.07) is 5.55. The van der Waals surface area contributed by atoms with E-state index in [2.05, 4.69) is 0 Å². The first kappa shape index (κ1) is 12.0. The summed E-state index contributed by atoms with van der Waals surface area (Å²) in [5.74, 6) is 0. The van der Waals surface area contributed by atoms with Crippen LogP contribution in [0.3, 0.4) is 0 Å². The molecule has 0 aromatic heterocycles. The quantitative estimate of drug-likeness (QED) is 0.827. The van der Waals surface area contributed by atoms with Gasteiger partial charge in [-0.3, -0.25) is 0 Å². The summed E-state index contributed by atoms with van der Waals surface area (Å²) in [6.07, 6.45) is -3.34. The van der Waals surface area contributed by atoms with Crippen molar-refractivity contribution in [2.75, 3.05) is 0 Å². The van der Waals surface area contributed by atoms with E-state index in [1.807, 2.05) is 0 Å². The van der Waals surface area contributed by atoms with E-state index in [4.69, 9.17) is 5.73 Å². The Kier molecular flexibility index (Phi) is 3.74. The third-order valence-electron chi connectivity index (χ3n) is 2.19. The van der Waals surface area contributed by atoms with Crippen LogP contribution in [0.15, 0.2) is 24.3 Å².